The van der Waals surface area contributed by atoms with Gasteiger partial charge in [0.15, 0.2) is 11.5 Å². The van der Waals surface area contributed by atoms with Gasteiger partial charge in [-0.3, -0.25) is 13.9 Å². The van der Waals surface area contributed by atoms with E-state index in [1.54, 1.807) is 36.4 Å². The van der Waals surface area contributed by atoms with E-state index in [0.717, 1.165) is 9.87 Å². The van der Waals surface area contributed by atoms with Crippen LogP contribution in [0.1, 0.15) is 24.5 Å². The maximum absolute atomic E-state index is 14.8. The van der Waals surface area contributed by atoms with Crippen LogP contribution in [-0.4, -0.2) is 72.7 Å². The molecule has 0 fully saturated rings. The van der Waals surface area contributed by atoms with Crippen molar-refractivity contribution in [3.63, 3.8) is 0 Å². The third kappa shape index (κ3) is 8.99. The zero-order valence-corrected chi connectivity index (χ0v) is 30.3. The van der Waals surface area contributed by atoms with Crippen molar-refractivity contribution in [3.05, 3.63) is 107 Å². The molecule has 11 nitrogen and oxygen atoms in total. The summed E-state index contributed by atoms with van der Waals surface area (Å²) in [6.07, 6.45) is 0.840. The summed E-state index contributed by atoms with van der Waals surface area (Å²) in [6, 6.07) is 24.0. The highest BCUT2D eigenvalue weighted by atomic mass is 35.5. The number of halogens is 1. The van der Waals surface area contributed by atoms with Gasteiger partial charge in [-0.05, 0) is 47.9 Å². The van der Waals surface area contributed by atoms with Crippen molar-refractivity contribution in [2.24, 2.45) is 0 Å². The molecule has 0 heterocycles. The Kier molecular flexibility index (Phi) is 13.4. The highest BCUT2D eigenvalue weighted by Gasteiger charge is 2.36. The molecule has 0 aromatic heterocycles. The highest BCUT2D eigenvalue weighted by Crippen LogP contribution is 2.38. The van der Waals surface area contributed by atoms with Gasteiger partial charge in [-0.15, -0.1) is 0 Å². The lowest BCUT2D eigenvalue weighted by Gasteiger charge is -2.34. The van der Waals surface area contributed by atoms with Crippen molar-refractivity contribution in [1.82, 2.24) is 10.2 Å². The number of hydrogen-bond acceptors (Lipinski definition) is 8. The molecule has 1 N–H and O–H groups in total. The third-order valence-electron chi connectivity index (χ3n) is 8.00. The van der Waals surface area contributed by atoms with E-state index < -0.39 is 28.5 Å². The second kappa shape index (κ2) is 17.6. The Morgan fingerprint density at radius 1 is 0.800 bits per heavy atom. The van der Waals surface area contributed by atoms with Crippen LogP contribution in [0.5, 0.6) is 23.0 Å². The standard InChI is InChI=1S/C37H42ClN3O8S/c1-6-20-39-37(43)32(21-26-12-8-7-9-13-26)40(24-27-14-10-11-15-30(27)38)36(42)25-41(31-22-28(46-2)16-18-33(31)47-3)50(44,45)29-17-19-34(48-4)35(23-29)49-5/h7-19,22-23,32H,6,20-21,24-25H2,1-5H3,(H,39,43)/t32-/m1/s1. The zero-order chi connectivity index (χ0) is 36.3. The summed E-state index contributed by atoms with van der Waals surface area (Å²) in [5.74, 6) is -0.0543. The molecule has 0 bridgehead atoms. The van der Waals surface area contributed by atoms with Gasteiger partial charge in [0.2, 0.25) is 11.8 Å². The summed E-state index contributed by atoms with van der Waals surface area (Å²) in [7, 11) is 1.16. The smallest absolute Gasteiger partial charge is 0.265 e. The number of amides is 2. The van der Waals surface area contributed by atoms with Crippen molar-refractivity contribution in [2.45, 2.75) is 37.2 Å². The first-order valence-corrected chi connectivity index (χ1v) is 17.7. The fourth-order valence-corrected chi connectivity index (χ4v) is 6.97. The summed E-state index contributed by atoms with van der Waals surface area (Å²) in [6.45, 7) is 1.53. The Hall–Kier alpha value is -4.94. The monoisotopic (exact) mass is 723 g/mol. The second-order valence-corrected chi connectivity index (χ2v) is 13.4. The Balaban J connectivity index is 1.90. The van der Waals surface area contributed by atoms with Gasteiger partial charge >= 0.3 is 0 Å². The van der Waals surface area contributed by atoms with E-state index >= 15 is 0 Å². The topological polar surface area (TPSA) is 124 Å². The summed E-state index contributed by atoms with van der Waals surface area (Å²) in [4.78, 5) is 29.9. The van der Waals surface area contributed by atoms with Crippen LogP contribution >= 0.6 is 11.6 Å². The lowest BCUT2D eigenvalue weighted by atomic mass is 10.0. The fourth-order valence-electron chi connectivity index (χ4n) is 5.34. The molecule has 1 atom stereocenters. The minimum atomic E-state index is -4.51. The van der Waals surface area contributed by atoms with Crippen molar-refractivity contribution >= 4 is 39.1 Å². The van der Waals surface area contributed by atoms with Crippen molar-refractivity contribution < 1.29 is 37.0 Å². The summed E-state index contributed by atoms with van der Waals surface area (Å²) < 4.78 is 52.0. The number of rotatable bonds is 17. The van der Waals surface area contributed by atoms with Crippen LogP contribution in [0.15, 0.2) is 95.9 Å². The van der Waals surface area contributed by atoms with E-state index in [4.69, 9.17) is 30.5 Å². The molecule has 0 radical (unpaired) electrons. The van der Waals surface area contributed by atoms with Crippen LogP contribution in [0.3, 0.4) is 0 Å². The van der Waals surface area contributed by atoms with Crippen LogP contribution < -0.4 is 28.6 Å². The average molecular weight is 724 g/mol. The maximum Gasteiger partial charge on any atom is 0.265 e. The van der Waals surface area contributed by atoms with Crippen molar-refractivity contribution in [2.75, 3.05) is 45.8 Å². The molecule has 0 saturated carbocycles. The molecule has 266 valence electrons. The number of nitrogens with one attached hydrogen (secondary N) is 1. The molecule has 0 unspecified atom stereocenters. The van der Waals surface area contributed by atoms with Gasteiger partial charge in [0.25, 0.3) is 10.0 Å². The van der Waals surface area contributed by atoms with Crippen molar-refractivity contribution in [1.29, 1.82) is 0 Å². The molecule has 2 amide bonds. The van der Waals surface area contributed by atoms with Crippen LogP contribution in [0.4, 0.5) is 5.69 Å². The van der Waals surface area contributed by atoms with E-state index in [-0.39, 0.29) is 41.0 Å². The molecule has 4 aromatic carbocycles. The molecule has 4 rings (SSSR count). The van der Waals surface area contributed by atoms with E-state index in [1.165, 1.54) is 57.6 Å². The Morgan fingerprint density at radius 2 is 1.46 bits per heavy atom. The SMILES string of the molecule is CCCNC(=O)[C@@H](Cc1ccccc1)N(Cc1ccccc1Cl)C(=O)CN(c1cc(OC)ccc1OC)S(=O)(=O)c1ccc(OC)c(OC)c1. The number of carbonyl (C=O) groups excluding carboxylic acids is 2. The van der Waals surface area contributed by atoms with Gasteiger partial charge in [-0.2, -0.15) is 0 Å². The Morgan fingerprint density at radius 3 is 2.10 bits per heavy atom. The number of anilines is 1. The fraction of sp³-hybridized carbons (Fsp3) is 0.297. The number of carbonyl (C=O) groups is 2. The first-order chi connectivity index (χ1) is 24.1. The molecule has 0 spiro atoms. The molecule has 0 saturated heterocycles. The lowest BCUT2D eigenvalue weighted by Crippen LogP contribution is -2.53. The van der Waals surface area contributed by atoms with Crippen LogP contribution in [-0.2, 0) is 32.6 Å². The van der Waals surface area contributed by atoms with Crippen LogP contribution in [0.25, 0.3) is 0 Å². The molecule has 4 aromatic rings. The maximum atomic E-state index is 14.8. The Labute approximate surface area is 298 Å². The molecule has 50 heavy (non-hydrogen) atoms. The molecule has 0 aliphatic rings. The predicted octanol–water partition coefficient (Wildman–Crippen LogP) is 5.74. The number of sulfonamides is 1. The number of benzene rings is 4. The number of hydrogen-bond donors (Lipinski definition) is 1. The number of methoxy groups -OCH3 is 4. The summed E-state index contributed by atoms with van der Waals surface area (Å²) in [5.41, 5.74) is 1.44. The molecular weight excluding hydrogens is 682 g/mol. The van der Waals surface area contributed by atoms with E-state index in [9.17, 15) is 18.0 Å². The molecule has 13 heteroatoms. The minimum Gasteiger partial charge on any atom is -0.497 e. The van der Waals surface area contributed by atoms with Crippen LogP contribution in [0.2, 0.25) is 5.02 Å². The van der Waals surface area contributed by atoms with Crippen LogP contribution in [0, 0.1) is 0 Å². The van der Waals surface area contributed by atoms with E-state index in [1.807, 2.05) is 37.3 Å². The summed E-state index contributed by atoms with van der Waals surface area (Å²) in [5, 5.41) is 3.32. The zero-order valence-electron chi connectivity index (χ0n) is 28.7. The van der Waals surface area contributed by atoms with Gasteiger partial charge in [0, 0.05) is 36.7 Å². The largest absolute Gasteiger partial charge is 0.497 e. The van der Waals surface area contributed by atoms with Gasteiger partial charge in [0.05, 0.1) is 39.0 Å². The minimum absolute atomic E-state index is 0.0442. The van der Waals surface area contributed by atoms with Gasteiger partial charge in [0.1, 0.15) is 24.1 Å². The Bertz CT molecular complexity index is 1870. The first kappa shape index (κ1) is 37.9. The average Bonchev–Trinajstić information content (AvgIpc) is 3.14. The molecule has 0 aliphatic carbocycles. The lowest BCUT2D eigenvalue weighted by molar-refractivity contribution is -0.140. The van der Waals surface area contributed by atoms with Gasteiger partial charge < -0.3 is 29.2 Å². The molecule has 0 aliphatic heterocycles. The normalized spacial score (nSPS) is 11.6. The number of nitrogens with zero attached hydrogens (tertiary/aromatic N) is 2. The quantitative estimate of drug-likeness (QED) is 0.147. The third-order valence-corrected chi connectivity index (χ3v) is 10.1. The molecular formula is C37H42ClN3O8S. The van der Waals surface area contributed by atoms with Crippen molar-refractivity contribution in [3.8, 4) is 23.0 Å². The van der Waals surface area contributed by atoms with Gasteiger partial charge in [-0.25, -0.2) is 8.42 Å². The first-order valence-electron chi connectivity index (χ1n) is 15.9. The number of ether oxygens (including phenoxy) is 4. The second-order valence-electron chi connectivity index (χ2n) is 11.2. The van der Waals surface area contributed by atoms with E-state index in [0.29, 0.717) is 35.1 Å². The summed E-state index contributed by atoms with van der Waals surface area (Å²) >= 11 is 6.58. The van der Waals surface area contributed by atoms with Gasteiger partial charge in [-0.1, -0.05) is 67.1 Å². The predicted molar refractivity (Wildman–Crippen MR) is 193 cm³/mol. The van der Waals surface area contributed by atoms with E-state index in [2.05, 4.69) is 5.32 Å². The highest BCUT2D eigenvalue weighted by molar-refractivity contribution is 7.92.